The lowest BCUT2D eigenvalue weighted by Crippen LogP contribution is -2.16. The van der Waals surface area contributed by atoms with Gasteiger partial charge in [0.05, 0.1) is 24.7 Å². The second-order valence-corrected chi connectivity index (χ2v) is 8.31. The molecular weight excluding hydrogens is 388 g/mol. The summed E-state index contributed by atoms with van der Waals surface area (Å²) in [6.45, 7) is 7.62. The summed E-state index contributed by atoms with van der Waals surface area (Å²) in [6.07, 6.45) is 3.79. The number of hydrogen-bond donors (Lipinski definition) is 1. The van der Waals surface area contributed by atoms with Gasteiger partial charge in [-0.15, -0.1) is 0 Å². The van der Waals surface area contributed by atoms with E-state index in [-0.39, 0.29) is 16.6 Å². The molecule has 0 fully saturated rings. The zero-order chi connectivity index (χ0) is 21.0. The van der Waals surface area contributed by atoms with Crippen molar-refractivity contribution in [3.8, 4) is 17.1 Å². The molecule has 1 N–H and O–H groups in total. The van der Waals surface area contributed by atoms with Crippen molar-refractivity contribution >= 4 is 15.8 Å². The summed E-state index contributed by atoms with van der Waals surface area (Å²) >= 11 is 0. The number of aromatic nitrogens is 3. The summed E-state index contributed by atoms with van der Waals surface area (Å²) in [6, 6.07) is 10.7. The van der Waals surface area contributed by atoms with Crippen molar-refractivity contribution in [2.45, 2.75) is 25.2 Å². The van der Waals surface area contributed by atoms with Crippen LogP contribution in [0.2, 0.25) is 0 Å². The van der Waals surface area contributed by atoms with Crippen molar-refractivity contribution in [2.75, 3.05) is 11.8 Å². The Balaban J connectivity index is 1.98. The zero-order valence-electron chi connectivity index (χ0n) is 16.5. The van der Waals surface area contributed by atoms with Gasteiger partial charge in [0.1, 0.15) is 4.90 Å². The highest BCUT2D eigenvalue weighted by Crippen LogP contribution is 2.28. The van der Waals surface area contributed by atoms with Crippen LogP contribution in [0.4, 0.5) is 5.82 Å². The lowest BCUT2D eigenvalue weighted by atomic mass is 10.0. The molecule has 2 heterocycles. The maximum absolute atomic E-state index is 13.1. The number of hydrogen-bond acceptors (Lipinski definition) is 6. The van der Waals surface area contributed by atoms with Gasteiger partial charge in [0.15, 0.2) is 0 Å². The van der Waals surface area contributed by atoms with Crippen LogP contribution in [0.3, 0.4) is 0 Å². The maximum Gasteiger partial charge on any atom is 0.265 e. The Morgan fingerprint density at radius 2 is 1.90 bits per heavy atom. The number of pyridine rings is 1. The smallest absolute Gasteiger partial charge is 0.265 e. The molecule has 1 aromatic carbocycles. The standard InChI is InChI=1S/C21H22N4O3S/c1-14(2)12-16-7-9-17(10-8-16)19-18(6-5-11-22-19)29(26,27)25-20-21(28-4)24-15(3)13-23-20/h5-11,13H,1,12H2,2-4H3,(H,23,25). The molecule has 29 heavy (non-hydrogen) atoms. The minimum atomic E-state index is -3.98. The monoisotopic (exact) mass is 410 g/mol. The van der Waals surface area contributed by atoms with E-state index in [2.05, 4.69) is 26.3 Å². The number of aryl methyl sites for hydroxylation is 1. The minimum Gasteiger partial charge on any atom is -0.478 e. The lowest BCUT2D eigenvalue weighted by Gasteiger charge is -2.13. The summed E-state index contributed by atoms with van der Waals surface area (Å²) in [7, 11) is -2.57. The molecule has 8 heteroatoms. The highest BCUT2D eigenvalue weighted by Gasteiger charge is 2.23. The van der Waals surface area contributed by atoms with Crippen LogP contribution in [0.5, 0.6) is 5.88 Å². The summed E-state index contributed by atoms with van der Waals surface area (Å²) in [5.41, 5.74) is 3.80. The van der Waals surface area contributed by atoms with Crippen molar-refractivity contribution in [2.24, 2.45) is 0 Å². The van der Waals surface area contributed by atoms with E-state index in [4.69, 9.17) is 4.74 Å². The average Bonchev–Trinajstić information content (AvgIpc) is 2.69. The molecule has 0 amide bonds. The first kappa shape index (κ1) is 20.5. The van der Waals surface area contributed by atoms with Crippen LogP contribution in [0, 0.1) is 6.92 Å². The number of nitrogens with one attached hydrogen (secondary N) is 1. The van der Waals surface area contributed by atoms with Gasteiger partial charge in [-0.05, 0) is 38.0 Å². The van der Waals surface area contributed by atoms with Gasteiger partial charge in [-0.25, -0.2) is 18.4 Å². The molecule has 0 bridgehead atoms. The summed E-state index contributed by atoms with van der Waals surface area (Å²) in [5, 5.41) is 0. The van der Waals surface area contributed by atoms with E-state index in [1.54, 1.807) is 19.2 Å². The van der Waals surface area contributed by atoms with Crippen LogP contribution in [0.25, 0.3) is 11.3 Å². The van der Waals surface area contributed by atoms with Gasteiger partial charge in [0.2, 0.25) is 5.82 Å². The number of anilines is 1. The van der Waals surface area contributed by atoms with Crippen molar-refractivity contribution in [1.82, 2.24) is 15.0 Å². The molecule has 0 spiro atoms. The molecule has 2 aromatic heterocycles. The van der Waals surface area contributed by atoms with Crippen LogP contribution in [-0.2, 0) is 16.4 Å². The van der Waals surface area contributed by atoms with Crippen molar-refractivity contribution in [3.05, 3.63) is 72.2 Å². The van der Waals surface area contributed by atoms with Gasteiger partial charge < -0.3 is 4.74 Å². The minimum absolute atomic E-state index is 0.0182. The highest BCUT2D eigenvalue weighted by molar-refractivity contribution is 7.92. The first-order chi connectivity index (χ1) is 13.8. The third-order valence-corrected chi connectivity index (χ3v) is 5.45. The van der Waals surface area contributed by atoms with Gasteiger partial charge in [-0.1, -0.05) is 36.4 Å². The van der Waals surface area contributed by atoms with Gasteiger partial charge in [0.25, 0.3) is 15.9 Å². The highest BCUT2D eigenvalue weighted by atomic mass is 32.2. The fraction of sp³-hybridized carbons (Fsp3) is 0.190. The summed E-state index contributed by atoms with van der Waals surface area (Å²) in [5.74, 6) is 0.118. The van der Waals surface area contributed by atoms with Gasteiger partial charge in [-0.2, -0.15) is 0 Å². The molecule has 0 atom stereocenters. The largest absolute Gasteiger partial charge is 0.478 e. The molecule has 0 aliphatic heterocycles. The molecular formula is C21H22N4O3S. The van der Waals surface area contributed by atoms with Crippen LogP contribution in [-0.4, -0.2) is 30.5 Å². The molecule has 150 valence electrons. The Labute approximate surface area is 170 Å². The van der Waals surface area contributed by atoms with E-state index in [1.165, 1.54) is 19.4 Å². The Morgan fingerprint density at radius 3 is 2.55 bits per heavy atom. The molecule has 0 radical (unpaired) electrons. The predicted octanol–water partition coefficient (Wildman–Crippen LogP) is 3.78. The number of nitrogens with zero attached hydrogens (tertiary/aromatic N) is 3. The molecule has 0 unspecified atom stereocenters. The van der Waals surface area contributed by atoms with Crippen LogP contribution >= 0.6 is 0 Å². The summed E-state index contributed by atoms with van der Waals surface area (Å²) < 4.78 is 33.7. The molecule has 3 aromatic rings. The van der Waals surface area contributed by atoms with E-state index in [0.717, 1.165) is 17.6 Å². The molecule has 0 aliphatic carbocycles. The molecule has 0 saturated carbocycles. The van der Waals surface area contributed by atoms with E-state index in [0.29, 0.717) is 17.0 Å². The Bertz CT molecular complexity index is 1140. The zero-order valence-corrected chi connectivity index (χ0v) is 17.3. The van der Waals surface area contributed by atoms with E-state index in [9.17, 15) is 8.42 Å². The normalized spacial score (nSPS) is 11.1. The molecule has 7 nitrogen and oxygen atoms in total. The van der Waals surface area contributed by atoms with Crippen LogP contribution in [0.15, 0.2) is 65.8 Å². The topological polar surface area (TPSA) is 94.1 Å². The van der Waals surface area contributed by atoms with Crippen LogP contribution in [0.1, 0.15) is 18.2 Å². The fourth-order valence-electron chi connectivity index (χ4n) is 2.80. The van der Waals surface area contributed by atoms with E-state index < -0.39 is 10.0 Å². The maximum atomic E-state index is 13.1. The second kappa shape index (κ2) is 8.40. The number of methoxy groups -OCH3 is 1. The number of sulfonamides is 1. The Hall–Kier alpha value is -3.26. The van der Waals surface area contributed by atoms with Gasteiger partial charge >= 0.3 is 0 Å². The van der Waals surface area contributed by atoms with Gasteiger partial charge in [0, 0.05) is 11.8 Å². The van der Waals surface area contributed by atoms with Crippen molar-refractivity contribution in [3.63, 3.8) is 0 Å². The SMILES string of the molecule is C=C(C)Cc1ccc(-c2ncccc2S(=O)(=O)Nc2ncc(C)nc2OC)cc1. The number of allylic oxidation sites excluding steroid dienone is 1. The predicted molar refractivity (Wildman–Crippen MR) is 112 cm³/mol. The van der Waals surface area contributed by atoms with Crippen molar-refractivity contribution < 1.29 is 13.2 Å². The van der Waals surface area contributed by atoms with E-state index >= 15 is 0 Å². The second-order valence-electron chi connectivity index (χ2n) is 6.66. The number of ether oxygens (including phenoxy) is 1. The first-order valence-electron chi connectivity index (χ1n) is 8.89. The third-order valence-electron chi connectivity index (χ3n) is 4.08. The first-order valence-corrected chi connectivity index (χ1v) is 10.4. The average molecular weight is 410 g/mol. The third kappa shape index (κ3) is 4.78. The Morgan fingerprint density at radius 1 is 1.17 bits per heavy atom. The molecule has 3 rings (SSSR count). The van der Waals surface area contributed by atoms with Crippen molar-refractivity contribution in [1.29, 1.82) is 0 Å². The lowest BCUT2D eigenvalue weighted by molar-refractivity contribution is 0.397. The quantitative estimate of drug-likeness (QED) is 0.596. The molecule has 0 saturated heterocycles. The van der Waals surface area contributed by atoms with E-state index in [1.807, 2.05) is 31.2 Å². The Kier molecular flexibility index (Phi) is 5.93. The fourth-order valence-corrected chi connectivity index (χ4v) is 3.99. The summed E-state index contributed by atoms with van der Waals surface area (Å²) in [4.78, 5) is 12.6. The van der Waals surface area contributed by atoms with Gasteiger partial charge in [-0.3, -0.25) is 9.71 Å². The number of benzene rings is 1. The number of rotatable bonds is 7. The van der Waals surface area contributed by atoms with Crippen LogP contribution < -0.4 is 9.46 Å². The molecule has 0 aliphatic rings.